The van der Waals surface area contributed by atoms with Crippen LogP contribution in [0, 0.1) is 0 Å². The Hall–Kier alpha value is -3.04. The maximum atomic E-state index is 13.5. The average Bonchev–Trinajstić information content (AvgIpc) is 3.10. The zero-order valence-corrected chi connectivity index (χ0v) is 21.2. The highest BCUT2D eigenvalue weighted by atomic mass is 32.2. The van der Waals surface area contributed by atoms with E-state index in [1.54, 1.807) is 49.1 Å². The molecule has 2 aromatic rings. The maximum Gasteiger partial charge on any atom is 0.261 e. The van der Waals surface area contributed by atoms with Gasteiger partial charge in [-0.3, -0.25) is 19.3 Å². The number of rotatable bonds is 8. The summed E-state index contributed by atoms with van der Waals surface area (Å²) in [7, 11) is -3.60. The lowest BCUT2D eigenvalue weighted by Gasteiger charge is -2.30. The van der Waals surface area contributed by atoms with Crippen molar-refractivity contribution in [1.82, 2.24) is 9.21 Å². The van der Waals surface area contributed by atoms with Gasteiger partial charge >= 0.3 is 0 Å². The number of sulfonamides is 1. The third kappa shape index (κ3) is 4.38. The molecule has 2 heterocycles. The number of carbonyl (C=O) groups is 3. The molecule has 0 atom stereocenters. The maximum absolute atomic E-state index is 13.5. The number of imide groups is 1. The van der Waals surface area contributed by atoms with Crippen LogP contribution in [0.15, 0.2) is 41.3 Å². The topological polar surface area (TPSA) is 95.1 Å². The molecule has 186 valence electrons. The summed E-state index contributed by atoms with van der Waals surface area (Å²) in [4.78, 5) is 42.0. The van der Waals surface area contributed by atoms with E-state index in [-0.39, 0.29) is 28.2 Å². The molecule has 2 aliphatic heterocycles. The zero-order chi connectivity index (χ0) is 25.3. The zero-order valence-electron chi connectivity index (χ0n) is 20.4. The van der Waals surface area contributed by atoms with Crippen molar-refractivity contribution >= 4 is 33.4 Å². The fraction of sp³-hybridized carbons (Fsp3) is 0.423. The molecule has 3 amide bonds. The summed E-state index contributed by atoms with van der Waals surface area (Å²) < 4.78 is 27.3. The minimum atomic E-state index is -3.60. The van der Waals surface area contributed by atoms with Crippen LogP contribution in [-0.2, 0) is 16.4 Å². The van der Waals surface area contributed by atoms with Gasteiger partial charge in [-0.2, -0.15) is 4.31 Å². The van der Waals surface area contributed by atoms with Crippen LogP contribution >= 0.6 is 0 Å². The van der Waals surface area contributed by atoms with Crippen LogP contribution in [0.5, 0.6) is 0 Å². The lowest BCUT2D eigenvalue weighted by molar-refractivity contribution is 0.0652. The van der Waals surface area contributed by atoms with E-state index in [0.717, 1.165) is 18.4 Å². The summed E-state index contributed by atoms with van der Waals surface area (Å²) in [5.41, 5.74) is 2.39. The predicted molar refractivity (Wildman–Crippen MR) is 133 cm³/mol. The van der Waals surface area contributed by atoms with E-state index in [9.17, 15) is 22.8 Å². The van der Waals surface area contributed by atoms with Crippen LogP contribution in [0.3, 0.4) is 0 Å². The molecular formula is C26H31N3O5S. The van der Waals surface area contributed by atoms with Gasteiger partial charge in [0.25, 0.3) is 17.7 Å². The van der Waals surface area contributed by atoms with Crippen molar-refractivity contribution in [3.8, 4) is 0 Å². The first-order valence-corrected chi connectivity index (χ1v) is 13.6. The Morgan fingerprint density at radius 1 is 0.971 bits per heavy atom. The van der Waals surface area contributed by atoms with Gasteiger partial charge in [-0.25, -0.2) is 8.42 Å². The molecule has 0 spiro atoms. The van der Waals surface area contributed by atoms with Gasteiger partial charge in [0.15, 0.2) is 0 Å². The lowest BCUT2D eigenvalue weighted by atomic mass is 9.99. The minimum Gasteiger partial charge on any atom is -0.308 e. The van der Waals surface area contributed by atoms with Crippen molar-refractivity contribution < 1.29 is 22.8 Å². The number of nitrogens with zero attached hydrogens (tertiary/aromatic N) is 3. The molecule has 0 bridgehead atoms. The van der Waals surface area contributed by atoms with Crippen LogP contribution in [-0.4, -0.2) is 61.5 Å². The van der Waals surface area contributed by atoms with Crippen molar-refractivity contribution in [2.24, 2.45) is 0 Å². The van der Waals surface area contributed by atoms with E-state index in [1.165, 1.54) is 15.3 Å². The second-order valence-electron chi connectivity index (χ2n) is 8.82. The Labute approximate surface area is 206 Å². The monoisotopic (exact) mass is 497 g/mol. The second-order valence-corrected chi connectivity index (χ2v) is 10.8. The summed E-state index contributed by atoms with van der Waals surface area (Å²) in [6, 6.07) is 9.56. The number of unbranched alkanes of at least 4 members (excludes halogenated alkanes) is 1. The Bertz CT molecular complexity index is 1280. The molecule has 0 unspecified atom stereocenters. The smallest absolute Gasteiger partial charge is 0.261 e. The molecule has 9 heteroatoms. The van der Waals surface area contributed by atoms with Crippen LogP contribution in [0.1, 0.15) is 76.7 Å². The van der Waals surface area contributed by atoms with Crippen molar-refractivity contribution in [2.45, 2.75) is 51.3 Å². The molecule has 0 N–H and O–H groups in total. The predicted octanol–water partition coefficient (Wildman–Crippen LogP) is 3.71. The van der Waals surface area contributed by atoms with Gasteiger partial charge in [-0.1, -0.05) is 27.2 Å². The van der Waals surface area contributed by atoms with E-state index >= 15 is 0 Å². The second kappa shape index (κ2) is 9.91. The molecule has 8 nitrogen and oxygen atoms in total. The molecule has 0 aromatic heterocycles. The van der Waals surface area contributed by atoms with Crippen molar-refractivity contribution in [2.75, 3.05) is 31.1 Å². The van der Waals surface area contributed by atoms with Crippen LogP contribution in [0.4, 0.5) is 5.69 Å². The number of aryl methyl sites for hydroxylation is 1. The normalized spacial score (nSPS) is 15.5. The Morgan fingerprint density at radius 2 is 1.69 bits per heavy atom. The van der Waals surface area contributed by atoms with Gasteiger partial charge in [-0.15, -0.1) is 0 Å². The first-order chi connectivity index (χ1) is 16.7. The molecular weight excluding hydrogens is 466 g/mol. The third-order valence-corrected chi connectivity index (χ3v) is 8.76. The molecule has 0 radical (unpaired) electrons. The lowest BCUT2D eigenvalue weighted by Crippen LogP contribution is -2.36. The number of hydrogen-bond donors (Lipinski definition) is 0. The number of hydrogen-bond acceptors (Lipinski definition) is 5. The number of carbonyl (C=O) groups excluding carboxylic acids is 3. The Balaban J connectivity index is 1.63. The molecule has 0 saturated heterocycles. The van der Waals surface area contributed by atoms with Gasteiger partial charge in [0.1, 0.15) is 0 Å². The largest absolute Gasteiger partial charge is 0.308 e. The average molecular weight is 498 g/mol. The molecule has 35 heavy (non-hydrogen) atoms. The summed E-state index contributed by atoms with van der Waals surface area (Å²) in [5.74, 6) is -0.957. The highest BCUT2D eigenvalue weighted by Crippen LogP contribution is 2.32. The molecule has 4 rings (SSSR count). The molecule has 2 aromatic carbocycles. The number of benzene rings is 2. The van der Waals surface area contributed by atoms with Crippen molar-refractivity contribution in [3.05, 3.63) is 58.7 Å². The van der Waals surface area contributed by atoms with Crippen LogP contribution < -0.4 is 4.90 Å². The molecule has 0 saturated carbocycles. The molecule has 2 aliphatic rings. The van der Waals surface area contributed by atoms with Gasteiger partial charge in [0, 0.05) is 37.4 Å². The van der Waals surface area contributed by atoms with Gasteiger partial charge in [0.05, 0.1) is 16.0 Å². The Morgan fingerprint density at radius 3 is 2.37 bits per heavy atom. The highest BCUT2D eigenvalue weighted by molar-refractivity contribution is 7.89. The van der Waals surface area contributed by atoms with Gasteiger partial charge in [0.2, 0.25) is 10.0 Å². The first kappa shape index (κ1) is 25.1. The summed E-state index contributed by atoms with van der Waals surface area (Å²) >= 11 is 0. The third-order valence-electron chi connectivity index (χ3n) is 6.71. The van der Waals surface area contributed by atoms with Crippen molar-refractivity contribution in [3.63, 3.8) is 0 Å². The summed E-state index contributed by atoms with van der Waals surface area (Å²) in [6.07, 6.45) is 2.96. The number of anilines is 1. The minimum absolute atomic E-state index is 0.225. The van der Waals surface area contributed by atoms with E-state index in [2.05, 4.69) is 0 Å². The van der Waals surface area contributed by atoms with E-state index in [4.69, 9.17) is 0 Å². The van der Waals surface area contributed by atoms with Gasteiger partial charge in [-0.05, 0) is 61.2 Å². The fourth-order valence-electron chi connectivity index (χ4n) is 4.76. The number of fused-ring (bicyclic) bond motifs is 2. The standard InChI is InChI=1S/C26H31N3O5S/c1-4-7-14-29-25(31)21-12-10-19(17-22(21)26(29)32)24(30)28-15-8-9-18-16-20(11-13-23(18)28)35(33,34)27(5-2)6-3/h10-13,16-17H,4-9,14-15H2,1-3H3. The molecule has 0 aliphatic carbocycles. The fourth-order valence-corrected chi connectivity index (χ4v) is 6.27. The summed E-state index contributed by atoms with van der Waals surface area (Å²) in [6.45, 7) is 7.22. The van der Waals surface area contributed by atoms with E-state index < -0.39 is 10.0 Å². The molecule has 0 fully saturated rings. The summed E-state index contributed by atoms with van der Waals surface area (Å²) in [5, 5.41) is 0. The van der Waals surface area contributed by atoms with E-state index in [0.29, 0.717) is 55.8 Å². The van der Waals surface area contributed by atoms with E-state index in [1.807, 2.05) is 6.92 Å². The van der Waals surface area contributed by atoms with Crippen molar-refractivity contribution in [1.29, 1.82) is 0 Å². The first-order valence-electron chi connectivity index (χ1n) is 12.2. The SMILES string of the molecule is CCCCN1C(=O)c2ccc(C(=O)N3CCCc4cc(S(=O)(=O)N(CC)CC)ccc43)cc2C1=O. The number of amides is 3. The van der Waals surface area contributed by atoms with Crippen LogP contribution in [0.25, 0.3) is 0 Å². The van der Waals surface area contributed by atoms with Crippen LogP contribution in [0.2, 0.25) is 0 Å². The highest BCUT2D eigenvalue weighted by Gasteiger charge is 2.36. The Kier molecular flexibility index (Phi) is 7.10. The quantitative estimate of drug-likeness (QED) is 0.518. The van der Waals surface area contributed by atoms with Gasteiger partial charge < -0.3 is 4.90 Å².